The highest BCUT2D eigenvalue weighted by Crippen LogP contribution is 2.25. The molecule has 19 heavy (non-hydrogen) atoms. The van der Waals surface area contributed by atoms with E-state index in [0.29, 0.717) is 5.75 Å². The monoisotopic (exact) mass is 260 g/mol. The van der Waals surface area contributed by atoms with Gasteiger partial charge in [-0.1, -0.05) is 36.4 Å². The average Bonchev–Trinajstić information content (AvgIpc) is 2.45. The van der Waals surface area contributed by atoms with Crippen molar-refractivity contribution in [3.05, 3.63) is 54.6 Å². The molecule has 2 aromatic carbocycles. The first-order valence-corrected chi connectivity index (χ1v) is 5.69. The molecule has 0 fully saturated rings. The summed E-state index contributed by atoms with van der Waals surface area (Å²) in [6, 6.07) is 13.0. The second kappa shape index (κ2) is 5.86. The summed E-state index contributed by atoms with van der Waals surface area (Å²) >= 11 is 0. The third kappa shape index (κ3) is 3.22. The lowest BCUT2D eigenvalue weighted by atomic mass is 10.1. The fourth-order valence-electron chi connectivity index (χ4n) is 1.66. The van der Waals surface area contributed by atoms with Crippen LogP contribution < -0.4 is 15.8 Å². The Bertz CT molecular complexity index is 620. The number of benzene rings is 2. The Morgan fingerprint density at radius 3 is 2.79 bits per heavy atom. The second-order valence-electron chi connectivity index (χ2n) is 3.87. The summed E-state index contributed by atoms with van der Waals surface area (Å²) in [6.45, 7) is -0.199. The number of carbonyl (C=O) groups is 1. The van der Waals surface area contributed by atoms with Gasteiger partial charge in [-0.3, -0.25) is 0 Å². The minimum atomic E-state index is -0.541. The van der Waals surface area contributed by atoms with Gasteiger partial charge in [0.15, 0.2) is 0 Å². The van der Waals surface area contributed by atoms with Crippen LogP contribution in [0.5, 0.6) is 5.75 Å². The van der Waals surface area contributed by atoms with Crippen molar-refractivity contribution in [2.75, 3.05) is 6.54 Å². The predicted octanol–water partition coefficient (Wildman–Crippen LogP) is 2.06. The van der Waals surface area contributed by atoms with E-state index >= 15 is 0 Å². The Labute approximate surface area is 109 Å². The Morgan fingerprint density at radius 2 is 2.00 bits per heavy atom. The number of hydrogen-bond acceptors (Lipinski definition) is 4. The molecule has 98 valence electrons. The van der Waals surface area contributed by atoms with Crippen molar-refractivity contribution in [2.24, 2.45) is 5.73 Å². The maximum absolute atomic E-state index is 12.0. The fourth-order valence-corrected chi connectivity index (χ4v) is 1.66. The number of nitrogens with one attached hydrogen (secondary N) is 1. The van der Waals surface area contributed by atoms with Gasteiger partial charge in [0.25, 0.3) is 0 Å². The van der Waals surface area contributed by atoms with E-state index in [0.717, 1.165) is 10.8 Å². The molecular formula is C14H13FN2O2. The van der Waals surface area contributed by atoms with Crippen molar-refractivity contribution in [3.8, 4) is 5.75 Å². The maximum Gasteiger partial charge on any atom is 0.330 e. The molecule has 0 atom stereocenters. The van der Waals surface area contributed by atoms with Crippen molar-refractivity contribution >= 4 is 16.7 Å². The summed E-state index contributed by atoms with van der Waals surface area (Å²) < 4.78 is 17.2. The van der Waals surface area contributed by atoms with E-state index in [-0.39, 0.29) is 18.7 Å². The zero-order chi connectivity index (χ0) is 13.7. The molecule has 0 unspecified atom stereocenters. The molecule has 0 amide bonds. The summed E-state index contributed by atoms with van der Waals surface area (Å²) in [5.41, 5.74) is 5.17. The Kier molecular flexibility index (Phi) is 3.97. The van der Waals surface area contributed by atoms with Gasteiger partial charge in [-0.25, -0.2) is 9.18 Å². The average molecular weight is 260 g/mol. The molecule has 0 saturated heterocycles. The summed E-state index contributed by atoms with van der Waals surface area (Å²) in [6.07, 6.45) is 0.186. The van der Waals surface area contributed by atoms with Crippen LogP contribution >= 0.6 is 0 Å². The van der Waals surface area contributed by atoms with Gasteiger partial charge >= 0.3 is 5.97 Å². The van der Waals surface area contributed by atoms with E-state index in [1.807, 2.05) is 30.3 Å². The zero-order valence-corrected chi connectivity index (χ0v) is 10.1. The number of ether oxygens (including phenoxy) is 1. The van der Waals surface area contributed by atoms with E-state index in [2.05, 4.69) is 5.32 Å². The molecule has 5 heteroatoms. The van der Waals surface area contributed by atoms with Gasteiger partial charge in [-0.2, -0.15) is 0 Å². The van der Waals surface area contributed by atoms with Crippen LogP contribution in [0, 0.1) is 0 Å². The van der Waals surface area contributed by atoms with Gasteiger partial charge in [0.1, 0.15) is 24.4 Å². The molecule has 4 nitrogen and oxygen atoms in total. The molecule has 0 bridgehead atoms. The van der Waals surface area contributed by atoms with E-state index in [4.69, 9.17) is 10.5 Å². The van der Waals surface area contributed by atoms with Crippen LogP contribution in [-0.2, 0) is 4.79 Å². The largest absolute Gasteiger partial charge is 0.425 e. The minimum absolute atomic E-state index is 0.186. The number of esters is 1. The molecule has 0 saturated carbocycles. The van der Waals surface area contributed by atoms with Crippen LogP contribution in [0.3, 0.4) is 0 Å². The molecule has 3 N–H and O–H groups in total. The molecule has 0 spiro atoms. The minimum Gasteiger partial charge on any atom is -0.425 e. The number of fused-ring (bicyclic) bond motifs is 1. The van der Waals surface area contributed by atoms with Crippen LogP contribution in [0.15, 0.2) is 54.6 Å². The van der Waals surface area contributed by atoms with Crippen molar-refractivity contribution in [1.82, 2.24) is 5.32 Å². The number of rotatable bonds is 4. The third-order valence-corrected chi connectivity index (χ3v) is 2.53. The van der Waals surface area contributed by atoms with Crippen LogP contribution in [0.4, 0.5) is 4.39 Å². The van der Waals surface area contributed by atoms with Crippen molar-refractivity contribution in [3.63, 3.8) is 0 Å². The SMILES string of the molecule is N/C(=C\F)NCC(=O)Oc1cccc2ccccc12. The molecule has 2 aromatic rings. The van der Waals surface area contributed by atoms with Gasteiger partial charge in [0, 0.05) is 5.39 Å². The molecule has 0 radical (unpaired) electrons. The van der Waals surface area contributed by atoms with Crippen molar-refractivity contribution < 1.29 is 13.9 Å². The van der Waals surface area contributed by atoms with E-state index in [9.17, 15) is 9.18 Å². The van der Waals surface area contributed by atoms with Crippen LogP contribution in [0.1, 0.15) is 0 Å². The first kappa shape index (κ1) is 12.9. The Balaban J connectivity index is 2.11. The predicted molar refractivity (Wildman–Crippen MR) is 71.0 cm³/mol. The summed E-state index contributed by atoms with van der Waals surface area (Å²) in [7, 11) is 0. The molecule has 2 rings (SSSR count). The van der Waals surface area contributed by atoms with E-state index in [1.165, 1.54) is 0 Å². The van der Waals surface area contributed by atoms with Gasteiger partial charge in [0.05, 0.1) is 0 Å². The smallest absolute Gasteiger partial charge is 0.330 e. The van der Waals surface area contributed by atoms with Crippen molar-refractivity contribution in [2.45, 2.75) is 0 Å². The van der Waals surface area contributed by atoms with Gasteiger partial charge in [-0.15, -0.1) is 0 Å². The van der Waals surface area contributed by atoms with Crippen molar-refractivity contribution in [1.29, 1.82) is 0 Å². The molecule has 0 aromatic heterocycles. The Morgan fingerprint density at radius 1 is 1.26 bits per heavy atom. The molecule has 0 heterocycles. The third-order valence-electron chi connectivity index (χ3n) is 2.53. The lowest BCUT2D eigenvalue weighted by molar-refractivity contribution is -0.133. The molecule has 0 aliphatic carbocycles. The highest BCUT2D eigenvalue weighted by molar-refractivity contribution is 5.90. The van der Waals surface area contributed by atoms with Crippen LogP contribution in [0.25, 0.3) is 10.8 Å². The highest BCUT2D eigenvalue weighted by atomic mass is 19.1. The Hall–Kier alpha value is -2.56. The van der Waals surface area contributed by atoms with E-state index < -0.39 is 5.97 Å². The number of carbonyl (C=O) groups excluding carboxylic acids is 1. The zero-order valence-electron chi connectivity index (χ0n) is 10.1. The normalized spacial score (nSPS) is 11.3. The molecular weight excluding hydrogens is 247 g/mol. The van der Waals surface area contributed by atoms with Gasteiger partial charge in [0.2, 0.25) is 0 Å². The standard InChI is InChI=1S/C14H13FN2O2/c15-8-13(16)17-9-14(18)19-12-7-3-5-10-4-1-2-6-11(10)12/h1-8,17H,9,16H2/b13-8+. The van der Waals surface area contributed by atoms with Gasteiger partial charge < -0.3 is 15.8 Å². The topological polar surface area (TPSA) is 64.3 Å². The van der Waals surface area contributed by atoms with E-state index in [1.54, 1.807) is 12.1 Å². The summed E-state index contributed by atoms with van der Waals surface area (Å²) in [4.78, 5) is 11.6. The first-order valence-electron chi connectivity index (χ1n) is 5.69. The number of halogens is 1. The highest BCUT2D eigenvalue weighted by Gasteiger charge is 2.07. The lowest BCUT2D eigenvalue weighted by Crippen LogP contribution is -2.29. The van der Waals surface area contributed by atoms with Crippen LogP contribution in [0.2, 0.25) is 0 Å². The number of nitrogens with two attached hydrogens (primary N) is 1. The first-order chi connectivity index (χ1) is 9.20. The summed E-state index contributed by atoms with van der Waals surface area (Å²) in [5.74, 6) is -0.288. The maximum atomic E-state index is 12.0. The van der Waals surface area contributed by atoms with Gasteiger partial charge in [-0.05, 0) is 11.5 Å². The fraction of sp³-hybridized carbons (Fsp3) is 0.0714. The number of hydrogen-bond donors (Lipinski definition) is 2. The summed E-state index contributed by atoms with van der Waals surface area (Å²) in [5, 5.41) is 4.21. The molecule has 0 aliphatic rings. The molecule has 0 aliphatic heterocycles. The quantitative estimate of drug-likeness (QED) is 0.652. The second-order valence-corrected chi connectivity index (χ2v) is 3.87. The lowest BCUT2D eigenvalue weighted by Gasteiger charge is -2.08. The van der Waals surface area contributed by atoms with Crippen LogP contribution in [-0.4, -0.2) is 12.5 Å².